The lowest BCUT2D eigenvalue weighted by atomic mass is 9.73. The summed E-state index contributed by atoms with van der Waals surface area (Å²) in [6.45, 7) is 11.3. The zero-order valence-electron chi connectivity index (χ0n) is 16.9. The number of hydrogen-bond acceptors (Lipinski definition) is 4. The van der Waals surface area contributed by atoms with Gasteiger partial charge in [0.2, 0.25) is 0 Å². The van der Waals surface area contributed by atoms with Crippen molar-refractivity contribution in [2.75, 3.05) is 19.8 Å². The van der Waals surface area contributed by atoms with Crippen molar-refractivity contribution < 1.29 is 14.3 Å². The molecule has 26 heavy (non-hydrogen) atoms. The van der Waals surface area contributed by atoms with E-state index < -0.39 is 5.79 Å². The first-order chi connectivity index (χ1) is 12.5. The van der Waals surface area contributed by atoms with Gasteiger partial charge in [0.05, 0.1) is 25.4 Å². The molecule has 3 rings (SSSR count). The average Bonchev–Trinajstić information content (AvgIpc) is 2.64. The van der Waals surface area contributed by atoms with Crippen LogP contribution in [0.4, 0.5) is 0 Å². The van der Waals surface area contributed by atoms with Crippen molar-refractivity contribution >= 4 is 0 Å². The van der Waals surface area contributed by atoms with Crippen molar-refractivity contribution in [3.63, 3.8) is 0 Å². The highest BCUT2D eigenvalue weighted by Gasteiger charge is 2.57. The molecule has 1 aromatic carbocycles. The fraction of sp³-hybridized carbons (Fsp3) is 0.727. The number of hydroxylamine groups is 2. The predicted molar refractivity (Wildman–Crippen MR) is 104 cm³/mol. The molecule has 0 radical (unpaired) electrons. The van der Waals surface area contributed by atoms with Gasteiger partial charge >= 0.3 is 0 Å². The van der Waals surface area contributed by atoms with Crippen LogP contribution in [0.5, 0.6) is 0 Å². The van der Waals surface area contributed by atoms with Crippen LogP contribution in [0.1, 0.15) is 65.4 Å². The maximum Gasteiger partial charge on any atom is 0.171 e. The van der Waals surface area contributed by atoms with Crippen molar-refractivity contribution in [2.24, 2.45) is 0 Å². The monoisotopic (exact) mass is 361 g/mol. The molecule has 1 spiro atoms. The molecule has 0 unspecified atom stereocenters. The Bertz CT molecular complexity index is 562. The van der Waals surface area contributed by atoms with Gasteiger partial charge in [-0.05, 0) is 45.1 Å². The second kappa shape index (κ2) is 7.97. The molecule has 4 nitrogen and oxygen atoms in total. The second-order valence-corrected chi connectivity index (χ2v) is 8.42. The van der Waals surface area contributed by atoms with E-state index in [-0.39, 0.29) is 11.1 Å². The summed E-state index contributed by atoms with van der Waals surface area (Å²) in [7, 11) is 0. The summed E-state index contributed by atoms with van der Waals surface area (Å²) < 4.78 is 12.4. The minimum atomic E-state index is -0.451. The van der Waals surface area contributed by atoms with Crippen LogP contribution in [0.25, 0.3) is 0 Å². The van der Waals surface area contributed by atoms with Gasteiger partial charge in [0.25, 0.3) is 0 Å². The summed E-state index contributed by atoms with van der Waals surface area (Å²) in [5.41, 5.74) is 1.12. The van der Waals surface area contributed by atoms with E-state index in [2.05, 4.69) is 63.1 Å². The van der Waals surface area contributed by atoms with Crippen molar-refractivity contribution in [3.05, 3.63) is 35.9 Å². The third-order valence-corrected chi connectivity index (χ3v) is 6.07. The molecule has 0 aliphatic carbocycles. The molecule has 2 aliphatic heterocycles. The number of piperidine rings is 1. The van der Waals surface area contributed by atoms with E-state index in [0.29, 0.717) is 6.61 Å². The molecule has 0 aromatic heterocycles. The molecule has 0 bridgehead atoms. The molecule has 0 N–H and O–H groups in total. The zero-order chi connectivity index (χ0) is 18.7. The van der Waals surface area contributed by atoms with Crippen LogP contribution >= 0.6 is 0 Å². The summed E-state index contributed by atoms with van der Waals surface area (Å²) in [6, 6.07) is 10.6. The normalized spacial score (nSPS) is 24.6. The van der Waals surface area contributed by atoms with Gasteiger partial charge < -0.3 is 9.47 Å². The van der Waals surface area contributed by atoms with Crippen molar-refractivity contribution in [1.82, 2.24) is 5.06 Å². The fourth-order valence-electron chi connectivity index (χ4n) is 4.83. The summed E-state index contributed by atoms with van der Waals surface area (Å²) in [5, 5.41) is 2.29. The Morgan fingerprint density at radius 1 is 1.00 bits per heavy atom. The maximum atomic E-state index is 6.46. The van der Waals surface area contributed by atoms with Crippen LogP contribution in [0.3, 0.4) is 0 Å². The minimum absolute atomic E-state index is 0.0597. The Kier molecular flexibility index (Phi) is 6.07. The third-order valence-electron chi connectivity index (χ3n) is 6.07. The Labute approximate surface area is 158 Å². The van der Waals surface area contributed by atoms with Gasteiger partial charge in [-0.25, -0.2) is 0 Å². The first-order valence-electron chi connectivity index (χ1n) is 10.2. The highest BCUT2D eigenvalue weighted by atomic mass is 16.7. The fourth-order valence-corrected chi connectivity index (χ4v) is 4.83. The topological polar surface area (TPSA) is 30.9 Å². The van der Waals surface area contributed by atoms with Crippen LogP contribution < -0.4 is 0 Å². The largest absolute Gasteiger partial charge is 0.350 e. The summed E-state index contributed by atoms with van der Waals surface area (Å²) >= 11 is 0. The first-order valence-corrected chi connectivity index (χ1v) is 10.2. The summed E-state index contributed by atoms with van der Waals surface area (Å²) in [6.07, 6.45) is 5.67. The van der Waals surface area contributed by atoms with Gasteiger partial charge in [-0.15, -0.1) is 0 Å². The van der Waals surface area contributed by atoms with E-state index in [1.54, 1.807) is 0 Å². The quantitative estimate of drug-likeness (QED) is 0.733. The zero-order valence-corrected chi connectivity index (χ0v) is 16.9. The standard InChI is InChI=1S/C22H35NO3/c1-5-21(6-2)18-22(24-14-10-15-25-22)17-20(3,4)23(21)26-16-13-19-11-8-7-9-12-19/h7-9,11-12H,5-6,10,13-18H2,1-4H3. The van der Waals surface area contributed by atoms with E-state index in [9.17, 15) is 0 Å². The molecule has 4 heteroatoms. The summed E-state index contributed by atoms with van der Waals surface area (Å²) in [4.78, 5) is 6.46. The predicted octanol–water partition coefficient (Wildman–Crippen LogP) is 4.73. The molecule has 1 aromatic rings. The highest BCUT2D eigenvalue weighted by Crippen LogP contribution is 2.49. The lowest BCUT2D eigenvalue weighted by Crippen LogP contribution is -2.68. The van der Waals surface area contributed by atoms with Crippen LogP contribution in [-0.4, -0.2) is 41.7 Å². The average molecular weight is 362 g/mol. The molecular formula is C22H35NO3. The van der Waals surface area contributed by atoms with Crippen LogP contribution in [-0.2, 0) is 20.7 Å². The molecular weight excluding hydrogens is 326 g/mol. The van der Waals surface area contributed by atoms with E-state index in [1.165, 1.54) is 5.56 Å². The number of ether oxygens (including phenoxy) is 2. The van der Waals surface area contributed by atoms with Gasteiger partial charge in [-0.1, -0.05) is 44.2 Å². The minimum Gasteiger partial charge on any atom is -0.350 e. The number of benzene rings is 1. The Hall–Kier alpha value is -0.940. The molecule has 0 saturated carbocycles. The Balaban J connectivity index is 1.76. The van der Waals surface area contributed by atoms with Crippen molar-refractivity contribution in [2.45, 2.75) is 83.1 Å². The first kappa shape index (κ1) is 19.8. The smallest absolute Gasteiger partial charge is 0.171 e. The molecule has 0 amide bonds. The molecule has 146 valence electrons. The molecule has 2 saturated heterocycles. The molecule has 2 heterocycles. The number of nitrogens with zero attached hydrogens (tertiary/aromatic N) is 1. The van der Waals surface area contributed by atoms with Gasteiger partial charge in [0, 0.05) is 18.4 Å². The molecule has 2 aliphatic rings. The van der Waals surface area contributed by atoms with Crippen LogP contribution in [0.15, 0.2) is 30.3 Å². The van der Waals surface area contributed by atoms with Crippen LogP contribution in [0, 0.1) is 0 Å². The van der Waals surface area contributed by atoms with Gasteiger partial charge in [-0.3, -0.25) is 4.84 Å². The van der Waals surface area contributed by atoms with Crippen LogP contribution in [0.2, 0.25) is 0 Å². The van der Waals surface area contributed by atoms with Gasteiger partial charge in [0.1, 0.15) is 0 Å². The number of rotatable bonds is 6. The second-order valence-electron chi connectivity index (χ2n) is 8.42. The Morgan fingerprint density at radius 3 is 2.27 bits per heavy atom. The van der Waals surface area contributed by atoms with Crippen molar-refractivity contribution in [1.29, 1.82) is 0 Å². The van der Waals surface area contributed by atoms with E-state index >= 15 is 0 Å². The maximum absolute atomic E-state index is 6.46. The summed E-state index contributed by atoms with van der Waals surface area (Å²) in [5.74, 6) is -0.451. The highest BCUT2D eigenvalue weighted by molar-refractivity contribution is 5.14. The molecule has 0 atom stereocenters. The molecule has 2 fully saturated rings. The third kappa shape index (κ3) is 3.99. The lowest BCUT2D eigenvalue weighted by Gasteiger charge is -2.60. The van der Waals surface area contributed by atoms with Gasteiger partial charge in [-0.2, -0.15) is 5.06 Å². The van der Waals surface area contributed by atoms with E-state index in [1.807, 2.05) is 0 Å². The van der Waals surface area contributed by atoms with E-state index in [4.69, 9.17) is 14.3 Å². The number of hydrogen-bond donors (Lipinski definition) is 0. The van der Waals surface area contributed by atoms with Gasteiger partial charge in [0.15, 0.2) is 5.79 Å². The SMILES string of the molecule is CCC1(CC)CC2(CC(C)(C)N1OCCc1ccccc1)OCCCO2. The Morgan fingerprint density at radius 2 is 1.65 bits per heavy atom. The van der Waals surface area contributed by atoms with E-state index in [0.717, 1.165) is 51.7 Å². The lowest BCUT2D eigenvalue weighted by molar-refractivity contribution is -0.374. The van der Waals surface area contributed by atoms with Crippen molar-refractivity contribution in [3.8, 4) is 0 Å².